The van der Waals surface area contributed by atoms with Gasteiger partial charge in [0.2, 0.25) is 5.91 Å². The minimum atomic E-state index is 0.0561. The van der Waals surface area contributed by atoms with E-state index in [0.717, 1.165) is 30.6 Å². The number of nitrogens with one attached hydrogen (secondary N) is 1. The van der Waals surface area contributed by atoms with Gasteiger partial charge in [0.15, 0.2) is 0 Å². The number of anilines is 1. The van der Waals surface area contributed by atoms with Crippen molar-refractivity contribution in [3.05, 3.63) is 90.0 Å². The molecule has 0 atom stereocenters. The van der Waals surface area contributed by atoms with Crippen LogP contribution in [0.1, 0.15) is 30.4 Å². The Morgan fingerprint density at radius 2 is 1.33 bits per heavy atom. The molecule has 0 aliphatic carbocycles. The van der Waals surface area contributed by atoms with E-state index in [2.05, 4.69) is 46.6 Å². The maximum Gasteiger partial charge on any atom is 0.224 e. The molecule has 0 spiro atoms. The number of benzene rings is 3. The van der Waals surface area contributed by atoms with Gasteiger partial charge >= 0.3 is 0 Å². The Hall–Kier alpha value is -2.91. The number of hydrogen-bond acceptors (Lipinski definition) is 2. The first-order chi connectivity index (χ1) is 14.8. The molecule has 30 heavy (non-hydrogen) atoms. The van der Waals surface area contributed by atoms with Crippen molar-refractivity contribution in [2.75, 3.05) is 25.0 Å². The van der Waals surface area contributed by atoms with Gasteiger partial charge < -0.3 is 10.2 Å². The molecular formula is C27H30N2O. The Bertz CT molecular complexity index is 927. The van der Waals surface area contributed by atoms with Crippen LogP contribution in [0.15, 0.2) is 78.9 Å². The second kappa shape index (κ2) is 10.2. The van der Waals surface area contributed by atoms with Crippen LogP contribution in [-0.4, -0.2) is 30.4 Å². The summed E-state index contributed by atoms with van der Waals surface area (Å²) in [6, 6.07) is 27.1. The van der Waals surface area contributed by atoms with E-state index in [1.54, 1.807) is 0 Å². The summed E-state index contributed by atoms with van der Waals surface area (Å²) in [5.41, 5.74) is 5.78. The molecule has 1 aliphatic heterocycles. The van der Waals surface area contributed by atoms with Crippen molar-refractivity contribution < 1.29 is 4.79 Å². The van der Waals surface area contributed by atoms with Gasteiger partial charge in [-0.3, -0.25) is 4.79 Å². The number of carbonyl (C=O) groups excluding carboxylic acids is 1. The fraction of sp³-hybridized carbons (Fsp3) is 0.296. The maximum absolute atomic E-state index is 12.3. The first kappa shape index (κ1) is 20.4. The average Bonchev–Trinajstić information content (AvgIpc) is 3.32. The zero-order valence-electron chi connectivity index (χ0n) is 17.5. The van der Waals surface area contributed by atoms with Crippen molar-refractivity contribution in [3.8, 4) is 11.1 Å². The lowest BCUT2D eigenvalue weighted by atomic mass is 10.0. The van der Waals surface area contributed by atoms with E-state index in [-0.39, 0.29) is 5.91 Å². The van der Waals surface area contributed by atoms with E-state index >= 15 is 0 Å². The van der Waals surface area contributed by atoms with Crippen molar-refractivity contribution in [1.82, 2.24) is 4.90 Å². The van der Waals surface area contributed by atoms with E-state index in [0.29, 0.717) is 6.42 Å². The highest BCUT2D eigenvalue weighted by Crippen LogP contribution is 2.21. The lowest BCUT2D eigenvalue weighted by Crippen LogP contribution is -2.21. The summed E-state index contributed by atoms with van der Waals surface area (Å²) in [6.45, 7) is 3.66. The zero-order valence-corrected chi connectivity index (χ0v) is 17.5. The lowest BCUT2D eigenvalue weighted by Gasteiger charge is -2.14. The van der Waals surface area contributed by atoms with Crippen molar-refractivity contribution in [3.63, 3.8) is 0 Å². The quantitative estimate of drug-likeness (QED) is 0.538. The minimum absolute atomic E-state index is 0.0561. The third kappa shape index (κ3) is 5.80. The van der Waals surface area contributed by atoms with Gasteiger partial charge in [-0.25, -0.2) is 0 Å². The van der Waals surface area contributed by atoms with E-state index in [1.165, 1.54) is 42.6 Å². The number of hydrogen-bond donors (Lipinski definition) is 1. The molecule has 3 aromatic rings. The Morgan fingerprint density at radius 3 is 2.00 bits per heavy atom. The van der Waals surface area contributed by atoms with Gasteiger partial charge in [-0.05, 0) is 73.2 Å². The summed E-state index contributed by atoms with van der Waals surface area (Å²) in [6.07, 6.45) is 5.06. The molecule has 0 bridgehead atoms. The number of rotatable bonds is 8. The topological polar surface area (TPSA) is 32.3 Å². The maximum atomic E-state index is 12.3. The van der Waals surface area contributed by atoms with E-state index in [1.807, 2.05) is 42.5 Å². The third-order valence-electron chi connectivity index (χ3n) is 5.85. The van der Waals surface area contributed by atoms with Crippen molar-refractivity contribution >= 4 is 11.6 Å². The fourth-order valence-electron chi connectivity index (χ4n) is 4.02. The molecular weight excluding hydrogens is 368 g/mol. The standard InChI is InChI=1S/C27H30N2O/c30-27(28-26-15-13-25(14-16-26)24-6-2-1-3-7-24)17-12-22-8-10-23(11-9-22)18-21-29-19-4-5-20-29/h1-3,6-11,13-16H,4-5,12,17-21H2,(H,28,30). The predicted octanol–water partition coefficient (Wildman–Crippen LogP) is 5.56. The average molecular weight is 399 g/mol. The molecule has 154 valence electrons. The van der Waals surface area contributed by atoms with Crippen LogP contribution in [0.5, 0.6) is 0 Å². The highest BCUT2D eigenvalue weighted by atomic mass is 16.1. The first-order valence-electron chi connectivity index (χ1n) is 11.0. The van der Waals surface area contributed by atoms with Gasteiger partial charge in [0.05, 0.1) is 0 Å². The number of aryl methyl sites for hydroxylation is 1. The highest BCUT2D eigenvalue weighted by molar-refractivity contribution is 5.91. The highest BCUT2D eigenvalue weighted by Gasteiger charge is 2.11. The number of amides is 1. The van der Waals surface area contributed by atoms with Crippen molar-refractivity contribution in [2.45, 2.75) is 32.1 Å². The molecule has 3 heteroatoms. The zero-order chi connectivity index (χ0) is 20.6. The summed E-state index contributed by atoms with van der Waals surface area (Å²) in [7, 11) is 0. The van der Waals surface area contributed by atoms with E-state index in [4.69, 9.17) is 0 Å². The smallest absolute Gasteiger partial charge is 0.224 e. The van der Waals surface area contributed by atoms with Crippen LogP contribution in [-0.2, 0) is 17.6 Å². The minimum Gasteiger partial charge on any atom is -0.326 e. The Balaban J connectivity index is 1.22. The van der Waals surface area contributed by atoms with Crippen LogP contribution < -0.4 is 5.32 Å². The molecule has 0 radical (unpaired) electrons. The molecule has 1 amide bonds. The molecule has 1 saturated heterocycles. The number of carbonyl (C=O) groups is 1. The van der Waals surface area contributed by atoms with Crippen LogP contribution in [0.3, 0.4) is 0 Å². The normalized spacial score (nSPS) is 14.0. The largest absolute Gasteiger partial charge is 0.326 e. The second-order valence-electron chi connectivity index (χ2n) is 8.11. The van der Waals surface area contributed by atoms with Gasteiger partial charge in [-0.1, -0.05) is 66.7 Å². The molecule has 1 fully saturated rings. The van der Waals surface area contributed by atoms with Crippen LogP contribution >= 0.6 is 0 Å². The van der Waals surface area contributed by atoms with Gasteiger partial charge in [0.25, 0.3) is 0 Å². The van der Waals surface area contributed by atoms with Crippen LogP contribution in [0.25, 0.3) is 11.1 Å². The van der Waals surface area contributed by atoms with Crippen LogP contribution in [0, 0.1) is 0 Å². The van der Waals surface area contributed by atoms with Gasteiger partial charge in [-0.15, -0.1) is 0 Å². The Labute approximate surface area is 179 Å². The molecule has 4 rings (SSSR count). The molecule has 3 aromatic carbocycles. The summed E-state index contributed by atoms with van der Waals surface area (Å²) in [5.74, 6) is 0.0561. The monoisotopic (exact) mass is 398 g/mol. The third-order valence-corrected chi connectivity index (χ3v) is 5.85. The summed E-state index contributed by atoms with van der Waals surface area (Å²) in [4.78, 5) is 14.9. The summed E-state index contributed by atoms with van der Waals surface area (Å²) < 4.78 is 0. The van der Waals surface area contributed by atoms with Crippen molar-refractivity contribution in [1.29, 1.82) is 0 Å². The molecule has 0 unspecified atom stereocenters. The second-order valence-corrected chi connectivity index (χ2v) is 8.11. The molecule has 0 saturated carbocycles. The molecule has 0 aromatic heterocycles. The van der Waals surface area contributed by atoms with Gasteiger partial charge in [0, 0.05) is 18.7 Å². The van der Waals surface area contributed by atoms with Crippen LogP contribution in [0.4, 0.5) is 5.69 Å². The number of nitrogens with zero attached hydrogens (tertiary/aromatic N) is 1. The first-order valence-corrected chi connectivity index (χ1v) is 11.0. The van der Waals surface area contributed by atoms with E-state index < -0.39 is 0 Å². The SMILES string of the molecule is O=C(CCc1ccc(CCN2CCCC2)cc1)Nc1ccc(-c2ccccc2)cc1. The lowest BCUT2D eigenvalue weighted by molar-refractivity contribution is -0.116. The molecule has 1 heterocycles. The number of likely N-dealkylation sites (tertiary alicyclic amines) is 1. The summed E-state index contributed by atoms with van der Waals surface area (Å²) >= 11 is 0. The molecule has 1 aliphatic rings. The van der Waals surface area contributed by atoms with E-state index in [9.17, 15) is 4.79 Å². The van der Waals surface area contributed by atoms with Crippen molar-refractivity contribution in [2.24, 2.45) is 0 Å². The Kier molecular flexibility index (Phi) is 6.94. The van der Waals surface area contributed by atoms with Gasteiger partial charge in [-0.2, -0.15) is 0 Å². The van der Waals surface area contributed by atoms with Gasteiger partial charge in [0.1, 0.15) is 0 Å². The summed E-state index contributed by atoms with van der Waals surface area (Å²) in [5, 5.41) is 3.01. The fourth-order valence-corrected chi connectivity index (χ4v) is 4.02. The predicted molar refractivity (Wildman–Crippen MR) is 125 cm³/mol. The van der Waals surface area contributed by atoms with Crippen LogP contribution in [0.2, 0.25) is 0 Å². The molecule has 3 nitrogen and oxygen atoms in total. The molecule has 1 N–H and O–H groups in total. The Morgan fingerprint density at radius 1 is 0.733 bits per heavy atom.